The molecule has 0 radical (unpaired) electrons. The average Bonchev–Trinajstić information content (AvgIpc) is 2.95. The van der Waals surface area contributed by atoms with E-state index in [4.69, 9.17) is 17.3 Å². The normalized spacial score (nSPS) is 12.0. The van der Waals surface area contributed by atoms with E-state index in [-0.39, 0.29) is 17.7 Å². The molecular weight excluding hydrogens is 408 g/mol. The number of nitrogens with zero attached hydrogens (tertiary/aromatic N) is 1. The van der Waals surface area contributed by atoms with Crippen LogP contribution in [-0.2, 0) is 12.7 Å². The Bertz CT molecular complexity index is 1280. The van der Waals surface area contributed by atoms with Gasteiger partial charge in [0.05, 0.1) is 23.1 Å². The number of benzene rings is 3. The zero-order valence-electron chi connectivity index (χ0n) is 14.7. The summed E-state index contributed by atoms with van der Waals surface area (Å²) in [5.41, 5.74) is 5.39. The molecule has 0 spiro atoms. The summed E-state index contributed by atoms with van der Waals surface area (Å²) in [7, 11) is 0. The van der Waals surface area contributed by atoms with Gasteiger partial charge in [-0.1, -0.05) is 35.9 Å². The van der Waals surface area contributed by atoms with E-state index in [0.29, 0.717) is 32.9 Å². The molecular formula is C21H13ClF4N2O. The van der Waals surface area contributed by atoms with Gasteiger partial charge >= 0.3 is 6.18 Å². The number of carbonyl (C=O) groups excluding carboxylic acids is 1. The van der Waals surface area contributed by atoms with Crippen LogP contribution in [-0.4, -0.2) is 10.5 Å². The van der Waals surface area contributed by atoms with Crippen molar-refractivity contribution in [3.63, 3.8) is 0 Å². The highest BCUT2D eigenvalue weighted by Gasteiger charge is 2.34. The van der Waals surface area contributed by atoms with E-state index in [1.165, 1.54) is 6.07 Å². The van der Waals surface area contributed by atoms with Crippen molar-refractivity contribution in [1.29, 1.82) is 0 Å². The summed E-state index contributed by atoms with van der Waals surface area (Å²) in [6.07, 6.45) is -4.80. The highest BCUT2D eigenvalue weighted by atomic mass is 35.5. The van der Waals surface area contributed by atoms with Crippen molar-refractivity contribution in [2.75, 3.05) is 0 Å². The van der Waals surface area contributed by atoms with Gasteiger partial charge in [0.15, 0.2) is 0 Å². The zero-order chi connectivity index (χ0) is 20.9. The molecule has 0 unspecified atom stereocenters. The number of primary amides is 1. The van der Waals surface area contributed by atoms with Gasteiger partial charge < -0.3 is 10.3 Å². The van der Waals surface area contributed by atoms with Crippen LogP contribution < -0.4 is 5.73 Å². The lowest BCUT2D eigenvalue weighted by Crippen LogP contribution is -2.12. The average molecular weight is 421 g/mol. The number of hydrogen-bond donors (Lipinski definition) is 1. The van der Waals surface area contributed by atoms with Crippen LogP contribution in [0.25, 0.3) is 21.8 Å². The lowest BCUT2D eigenvalue weighted by atomic mass is 10.1. The second-order valence-corrected chi connectivity index (χ2v) is 7.02. The molecule has 0 atom stereocenters. The van der Waals surface area contributed by atoms with Crippen LogP contribution in [0.4, 0.5) is 17.6 Å². The Morgan fingerprint density at radius 2 is 1.76 bits per heavy atom. The summed E-state index contributed by atoms with van der Waals surface area (Å²) >= 11 is 6.11. The molecule has 4 rings (SSSR count). The molecule has 3 nitrogen and oxygen atoms in total. The third-order valence-electron chi connectivity index (χ3n) is 4.83. The van der Waals surface area contributed by atoms with Crippen molar-refractivity contribution in [2.45, 2.75) is 12.7 Å². The number of halogens is 5. The van der Waals surface area contributed by atoms with Crippen LogP contribution >= 0.6 is 11.6 Å². The van der Waals surface area contributed by atoms with Crippen LogP contribution in [0.3, 0.4) is 0 Å². The predicted octanol–water partition coefficient (Wildman–Crippen LogP) is 5.75. The number of alkyl halides is 3. The predicted molar refractivity (Wildman–Crippen MR) is 103 cm³/mol. The summed E-state index contributed by atoms with van der Waals surface area (Å²) < 4.78 is 55.5. The summed E-state index contributed by atoms with van der Waals surface area (Å²) in [6, 6.07) is 13.0. The van der Waals surface area contributed by atoms with E-state index >= 15 is 0 Å². The summed E-state index contributed by atoms with van der Waals surface area (Å²) in [5.74, 6) is -1.97. The van der Waals surface area contributed by atoms with Crippen LogP contribution in [0.15, 0.2) is 54.6 Å². The molecule has 0 bridgehead atoms. The number of rotatable bonds is 3. The highest BCUT2D eigenvalue weighted by Crippen LogP contribution is 2.36. The minimum atomic E-state index is -4.80. The van der Waals surface area contributed by atoms with E-state index in [9.17, 15) is 22.4 Å². The Labute approximate surface area is 167 Å². The maximum Gasteiger partial charge on any atom is 0.419 e. The molecule has 148 valence electrons. The van der Waals surface area contributed by atoms with Gasteiger partial charge in [0.1, 0.15) is 5.82 Å². The molecule has 4 aromatic rings. The number of fused-ring (bicyclic) bond motifs is 3. The molecule has 2 N–H and O–H groups in total. The lowest BCUT2D eigenvalue weighted by Gasteiger charge is -2.13. The fourth-order valence-corrected chi connectivity index (χ4v) is 3.75. The van der Waals surface area contributed by atoms with Crippen molar-refractivity contribution >= 4 is 39.3 Å². The fraction of sp³-hybridized carbons (Fsp3) is 0.0952. The van der Waals surface area contributed by atoms with Crippen molar-refractivity contribution in [1.82, 2.24) is 4.57 Å². The largest absolute Gasteiger partial charge is 0.419 e. The summed E-state index contributed by atoms with van der Waals surface area (Å²) in [5, 5.41) is 1.58. The SMILES string of the molecule is NC(=O)c1cccc2c1c1ccc(Cl)cc1n2Cc1cccc(C(F)(F)F)c1F. The molecule has 1 heterocycles. The van der Waals surface area contributed by atoms with Crippen molar-refractivity contribution in [3.8, 4) is 0 Å². The molecule has 0 saturated heterocycles. The first kappa shape index (κ1) is 19.3. The lowest BCUT2D eigenvalue weighted by molar-refractivity contribution is -0.140. The van der Waals surface area contributed by atoms with E-state index in [1.54, 1.807) is 41.0 Å². The second kappa shape index (κ2) is 6.77. The minimum absolute atomic E-state index is 0.136. The van der Waals surface area contributed by atoms with Crippen molar-refractivity contribution in [2.24, 2.45) is 5.73 Å². The van der Waals surface area contributed by atoms with Gasteiger partial charge in [0.2, 0.25) is 5.91 Å². The maximum atomic E-state index is 14.6. The van der Waals surface area contributed by atoms with Crippen molar-refractivity contribution in [3.05, 3.63) is 82.1 Å². The van der Waals surface area contributed by atoms with Gasteiger partial charge in [-0.05, 0) is 30.3 Å². The number of hydrogen-bond acceptors (Lipinski definition) is 1. The highest BCUT2D eigenvalue weighted by molar-refractivity contribution is 6.32. The van der Waals surface area contributed by atoms with E-state index in [1.807, 2.05) is 0 Å². The number of carbonyl (C=O) groups is 1. The Kier molecular flexibility index (Phi) is 4.50. The molecule has 0 saturated carbocycles. The van der Waals surface area contributed by atoms with Crippen LogP contribution in [0.1, 0.15) is 21.5 Å². The third kappa shape index (κ3) is 3.21. The monoisotopic (exact) mass is 420 g/mol. The number of amides is 1. The van der Waals surface area contributed by atoms with Crippen LogP contribution in [0.5, 0.6) is 0 Å². The van der Waals surface area contributed by atoms with Gasteiger partial charge in [-0.15, -0.1) is 0 Å². The van der Waals surface area contributed by atoms with Gasteiger partial charge in [0.25, 0.3) is 0 Å². The standard InChI is InChI=1S/C21H13ClF4N2O/c22-12-7-8-13-17(9-12)28(16-6-2-4-14(18(13)16)20(27)29)10-11-3-1-5-15(19(11)23)21(24,25)26/h1-9H,10H2,(H2,27,29). The molecule has 1 amide bonds. The quantitative estimate of drug-likeness (QED) is 0.421. The van der Waals surface area contributed by atoms with Gasteiger partial charge in [0, 0.05) is 26.9 Å². The fourth-order valence-electron chi connectivity index (χ4n) is 3.58. The van der Waals surface area contributed by atoms with Crippen LogP contribution in [0, 0.1) is 5.82 Å². The minimum Gasteiger partial charge on any atom is -0.366 e. The summed E-state index contributed by atoms with van der Waals surface area (Å²) in [6.45, 7) is -0.182. The topological polar surface area (TPSA) is 48.0 Å². The first-order valence-corrected chi connectivity index (χ1v) is 8.91. The molecule has 0 aliphatic rings. The number of nitrogens with two attached hydrogens (primary N) is 1. The molecule has 0 aliphatic heterocycles. The van der Waals surface area contributed by atoms with Gasteiger partial charge in [-0.2, -0.15) is 13.2 Å². The summed E-state index contributed by atoms with van der Waals surface area (Å²) in [4.78, 5) is 11.9. The van der Waals surface area contributed by atoms with Crippen molar-refractivity contribution < 1.29 is 22.4 Å². The van der Waals surface area contributed by atoms with Crippen LogP contribution in [0.2, 0.25) is 5.02 Å². The zero-order valence-corrected chi connectivity index (χ0v) is 15.5. The first-order chi connectivity index (χ1) is 13.7. The van der Waals surface area contributed by atoms with Gasteiger partial charge in [-0.3, -0.25) is 4.79 Å². The molecule has 29 heavy (non-hydrogen) atoms. The Morgan fingerprint density at radius 3 is 2.45 bits per heavy atom. The van der Waals surface area contributed by atoms with E-state index in [2.05, 4.69) is 0 Å². The Balaban J connectivity index is 2.01. The van der Waals surface area contributed by atoms with Gasteiger partial charge in [-0.25, -0.2) is 4.39 Å². The van der Waals surface area contributed by atoms with E-state index < -0.39 is 23.5 Å². The molecule has 0 aliphatic carbocycles. The Morgan fingerprint density at radius 1 is 1.03 bits per heavy atom. The Hall–Kier alpha value is -3.06. The molecule has 8 heteroatoms. The second-order valence-electron chi connectivity index (χ2n) is 6.59. The molecule has 3 aromatic carbocycles. The maximum absolute atomic E-state index is 14.6. The smallest absolute Gasteiger partial charge is 0.366 e. The third-order valence-corrected chi connectivity index (χ3v) is 5.07. The molecule has 0 fully saturated rings. The first-order valence-electron chi connectivity index (χ1n) is 8.53. The molecule has 1 aromatic heterocycles. The number of aromatic nitrogens is 1. The van der Waals surface area contributed by atoms with E-state index in [0.717, 1.165) is 6.07 Å².